The van der Waals surface area contributed by atoms with Crippen molar-refractivity contribution in [3.05, 3.63) is 83.4 Å². The maximum absolute atomic E-state index is 12.5. The summed E-state index contributed by atoms with van der Waals surface area (Å²) in [6.07, 6.45) is 0. The van der Waals surface area contributed by atoms with Gasteiger partial charge in [0, 0.05) is 21.8 Å². The van der Waals surface area contributed by atoms with Crippen molar-refractivity contribution in [2.75, 3.05) is 23.5 Å². The molecule has 0 aliphatic heterocycles. The van der Waals surface area contributed by atoms with E-state index in [4.69, 9.17) is 4.74 Å². The van der Waals surface area contributed by atoms with Crippen molar-refractivity contribution >= 4 is 35.0 Å². The molecule has 3 aromatic carbocycles. The quantitative estimate of drug-likeness (QED) is 0.509. The predicted molar refractivity (Wildman–Crippen MR) is 123 cm³/mol. The van der Waals surface area contributed by atoms with Gasteiger partial charge in [-0.3, -0.25) is 9.59 Å². The van der Waals surface area contributed by atoms with Gasteiger partial charge in [-0.15, -0.1) is 11.8 Å². The zero-order valence-electron chi connectivity index (χ0n) is 17.2. The second-order valence-electron chi connectivity index (χ2n) is 6.87. The van der Waals surface area contributed by atoms with Gasteiger partial charge < -0.3 is 15.4 Å². The van der Waals surface area contributed by atoms with E-state index in [9.17, 15) is 9.59 Å². The van der Waals surface area contributed by atoms with Crippen LogP contribution in [0.5, 0.6) is 5.75 Å². The summed E-state index contributed by atoms with van der Waals surface area (Å²) in [5.41, 5.74) is 4.21. The minimum absolute atomic E-state index is 0.0715. The van der Waals surface area contributed by atoms with Crippen molar-refractivity contribution in [1.29, 1.82) is 0 Å². The first-order valence-electron chi connectivity index (χ1n) is 9.50. The molecule has 0 aromatic heterocycles. The molecule has 0 unspecified atom stereocenters. The molecule has 0 radical (unpaired) electrons. The van der Waals surface area contributed by atoms with Crippen LogP contribution >= 0.6 is 11.8 Å². The van der Waals surface area contributed by atoms with Crippen LogP contribution in [0.25, 0.3) is 0 Å². The fourth-order valence-electron chi connectivity index (χ4n) is 2.92. The summed E-state index contributed by atoms with van der Waals surface area (Å²) < 4.78 is 5.16. The zero-order chi connectivity index (χ0) is 21.5. The van der Waals surface area contributed by atoms with Crippen LogP contribution in [0.1, 0.15) is 21.5 Å². The molecule has 5 nitrogen and oxygen atoms in total. The number of hydrogen-bond donors (Lipinski definition) is 2. The molecule has 0 spiro atoms. The molecule has 0 heterocycles. The van der Waals surface area contributed by atoms with Gasteiger partial charge in [0.1, 0.15) is 5.75 Å². The van der Waals surface area contributed by atoms with E-state index in [0.717, 1.165) is 21.7 Å². The fraction of sp³-hybridized carbons (Fsp3) is 0.167. The Balaban J connectivity index is 1.58. The molecular weight excluding hydrogens is 396 g/mol. The lowest BCUT2D eigenvalue weighted by Gasteiger charge is -2.10. The van der Waals surface area contributed by atoms with Crippen LogP contribution in [0.2, 0.25) is 0 Å². The lowest BCUT2D eigenvalue weighted by molar-refractivity contribution is -0.113. The van der Waals surface area contributed by atoms with Gasteiger partial charge in [0.25, 0.3) is 5.91 Å². The Bertz CT molecular complexity index is 1070. The number of rotatable bonds is 7. The Morgan fingerprint density at radius 3 is 2.50 bits per heavy atom. The Kier molecular flexibility index (Phi) is 7.14. The van der Waals surface area contributed by atoms with Gasteiger partial charge in [0.15, 0.2) is 0 Å². The van der Waals surface area contributed by atoms with Crippen LogP contribution in [0.4, 0.5) is 11.4 Å². The average Bonchev–Trinajstić information content (AvgIpc) is 2.74. The molecule has 0 aliphatic rings. The summed E-state index contributed by atoms with van der Waals surface area (Å²) in [4.78, 5) is 25.7. The number of ether oxygens (including phenoxy) is 1. The number of hydrogen-bond acceptors (Lipinski definition) is 4. The normalized spacial score (nSPS) is 10.4. The largest absolute Gasteiger partial charge is 0.497 e. The van der Waals surface area contributed by atoms with Crippen molar-refractivity contribution in [3.63, 3.8) is 0 Å². The molecular formula is C24H24N2O3S. The maximum atomic E-state index is 12.5. The highest BCUT2D eigenvalue weighted by molar-refractivity contribution is 8.00. The van der Waals surface area contributed by atoms with Gasteiger partial charge in [-0.1, -0.05) is 29.8 Å². The zero-order valence-corrected chi connectivity index (χ0v) is 18.0. The van der Waals surface area contributed by atoms with E-state index in [1.807, 2.05) is 56.3 Å². The molecule has 0 aliphatic carbocycles. The number of anilines is 2. The summed E-state index contributed by atoms with van der Waals surface area (Å²) in [6, 6.07) is 20.3. The summed E-state index contributed by atoms with van der Waals surface area (Å²) in [5, 5.41) is 5.83. The highest BCUT2D eigenvalue weighted by Gasteiger charge is 2.09. The molecule has 2 N–H and O–H groups in total. The number of carbonyl (C=O) groups excluding carboxylic acids is 2. The summed E-state index contributed by atoms with van der Waals surface area (Å²) in [6.45, 7) is 4.00. The van der Waals surface area contributed by atoms with Crippen molar-refractivity contribution in [3.8, 4) is 5.75 Å². The van der Waals surface area contributed by atoms with Gasteiger partial charge in [0.2, 0.25) is 5.91 Å². The highest BCUT2D eigenvalue weighted by Crippen LogP contribution is 2.23. The number of thioether (sulfide) groups is 1. The first-order chi connectivity index (χ1) is 14.4. The van der Waals surface area contributed by atoms with Crippen molar-refractivity contribution in [2.45, 2.75) is 18.7 Å². The lowest BCUT2D eigenvalue weighted by atomic mass is 10.1. The number of carbonyl (C=O) groups is 2. The summed E-state index contributed by atoms with van der Waals surface area (Å²) in [7, 11) is 1.56. The number of benzene rings is 3. The minimum atomic E-state index is -0.219. The number of aryl methyl sites for hydroxylation is 2. The van der Waals surface area contributed by atoms with Gasteiger partial charge in [-0.25, -0.2) is 0 Å². The average molecular weight is 421 g/mol. The van der Waals surface area contributed by atoms with Gasteiger partial charge >= 0.3 is 0 Å². The van der Waals surface area contributed by atoms with Crippen LogP contribution in [0.3, 0.4) is 0 Å². The van der Waals surface area contributed by atoms with Crippen LogP contribution < -0.4 is 15.4 Å². The Morgan fingerprint density at radius 1 is 0.933 bits per heavy atom. The van der Waals surface area contributed by atoms with E-state index < -0.39 is 0 Å². The van der Waals surface area contributed by atoms with Gasteiger partial charge in [-0.05, 0) is 61.9 Å². The van der Waals surface area contributed by atoms with Crippen molar-refractivity contribution in [1.82, 2.24) is 0 Å². The lowest BCUT2D eigenvalue weighted by Crippen LogP contribution is -2.15. The third-order valence-electron chi connectivity index (χ3n) is 4.45. The maximum Gasteiger partial charge on any atom is 0.255 e. The Morgan fingerprint density at radius 2 is 1.73 bits per heavy atom. The first kappa shape index (κ1) is 21.5. The summed E-state index contributed by atoms with van der Waals surface area (Å²) >= 11 is 1.42. The van der Waals surface area contributed by atoms with Crippen LogP contribution in [0.15, 0.2) is 71.6 Å². The monoisotopic (exact) mass is 420 g/mol. The molecule has 154 valence electrons. The predicted octanol–water partition coefficient (Wildman–Crippen LogP) is 5.30. The SMILES string of the molecule is COc1cccc(C(=O)Nc2cccc(SCC(=O)Nc3ccc(C)cc3C)c2)c1. The van der Waals surface area contributed by atoms with E-state index >= 15 is 0 Å². The molecule has 0 fully saturated rings. The topological polar surface area (TPSA) is 67.4 Å². The molecule has 30 heavy (non-hydrogen) atoms. The molecule has 0 bridgehead atoms. The number of methoxy groups -OCH3 is 1. The standard InChI is InChI=1S/C24H24N2O3S/c1-16-10-11-22(17(2)12-16)26-23(27)15-30-21-9-5-7-19(14-21)25-24(28)18-6-4-8-20(13-18)29-3/h4-14H,15H2,1-3H3,(H,25,28)(H,26,27). The smallest absolute Gasteiger partial charge is 0.255 e. The number of nitrogens with one attached hydrogen (secondary N) is 2. The first-order valence-corrected chi connectivity index (χ1v) is 10.5. The molecule has 2 amide bonds. The third-order valence-corrected chi connectivity index (χ3v) is 5.44. The van der Waals surface area contributed by atoms with E-state index in [-0.39, 0.29) is 17.6 Å². The van der Waals surface area contributed by atoms with Crippen LogP contribution in [-0.4, -0.2) is 24.7 Å². The molecule has 0 atom stereocenters. The minimum Gasteiger partial charge on any atom is -0.497 e. The molecule has 0 saturated carbocycles. The molecule has 0 saturated heterocycles. The number of amides is 2. The van der Waals surface area contributed by atoms with E-state index in [2.05, 4.69) is 10.6 Å². The van der Waals surface area contributed by atoms with E-state index in [1.54, 1.807) is 31.4 Å². The molecule has 3 aromatic rings. The Labute approximate surface area is 180 Å². The third kappa shape index (κ3) is 5.87. The van der Waals surface area contributed by atoms with E-state index in [0.29, 0.717) is 17.0 Å². The van der Waals surface area contributed by atoms with Gasteiger partial charge in [-0.2, -0.15) is 0 Å². The van der Waals surface area contributed by atoms with Crippen LogP contribution in [0, 0.1) is 13.8 Å². The van der Waals surface area contributed by atoms with Crippen molar-refractivity contribution < 1.29 is 14.3 Å². The second-order valence-corrected chi connectivity index (χ2v) is 7.92. The second kappa shape index (κ2) is 9.98. The van der Waals surface area contributed by atoms with E-state index in [1.165, 1.54) is 11.8 Å². The van der Waals surface area contributed by atoms with Crippen molar-refractivity contribution in [2.24, 2.45) is 0 Å². The molecule has 3 rings (SSSR count). The molecule has 6 heteroatoms. The highest BCUT2D eigenvalue weighted by atomic mass is 32.2. The summed E-state index contributed by atoms with van der Waals surface area (Å²) in [5.74, 6) is 0.615. The fourth-order valence-corrected chi connectivity index (χ4v) is 3.68. The van der Waals surface area contributed by atoms with Gasteiger partial charge in [0.05, 0.1) is 12.9 Å². The van der Waals surface area contributed by atoms with Crippen LogP contribution in [-0.2, 0) is 4.79 Å². The Hall–Kier alpha value is -3.25.